The molecule has 3 aliphatic heterocycles. The van der Waals surface area contributed by atoms with Gasteiger partial charge in [0.1, 0.15) is 16.7 Å². The van der Waals surface area contributed by atoms with Gasteiger partial charge in [-0.2, -0.15) is 8.97 Å². The van der Waals surface area contributed by atoms with Gasteiger partial charge in [-0.25, -0.2) is 0 Å². The third-order valence-electron chi connectivity index (χ3n) is 12.8. The zero-order valence-corrected chi connectivity index (χ0v) is 27.6. The zero-order valence-electron chi connectivity index (χ0n) is 27.6. The lowest BCUT2D eigenvalue weighted by atomic mass is 9.84. The molecule has 52 heavy (non-hydrogen) atoms. The van der Waals surface area contributed by atoms with E-state index in [1.807, 2.05) is 0 Å². The summed E-state index contributed by atoms with van der Waals surface area (Å²) in [5.41, 5.74) is 8.94. The Balaban J connectivity index is 1.32. The molecule has 0 fully saturated rings. The fourth-order valence-electron chi connectivity index (χ4n) is 11.1. The number of pyridine rings is 3. The number of hydrogen-bond donors (Lipinski definition) is 0. The first kappa shape index (κ1) is 25.0. The molecular formula is C47H24N4O+2. The van der Waals surface area contributed by atoms with Crippen molar-refractivity contribution in [2.24, 2.45) is 0 Å². The van der Waals surface area contributed by atoms with Crippen LogP contribution in [0.25, 0.3) is 98.2 Å². The Labute approximate surface area is 294 Å². The molecule has 236 valence electrons. The number of benzene rings is 6. The third kappa shape index (κ3) is 2.32. The molecule has 0 aliphatic carbocycles. The van der Waals surface area contributed by atoms with E-state index in [-0.39, 0.29) is 0 Å². The highest BCUT2D eigenvalue weighted by Gasteiger charge is 2.63. The minimum absolute atomic E-state index is 0.764. The van der Waals surface area contributed by atoms with Gasteiger partial charge in [-0.3, -0.25) is 0 Å². The molecule has 0 N–H and O–H groups in total. The monoisotopic (exact) mass is 660 g/mol. The quantitative estimate of drug-likeness (QED) is 0.118. The maximum Gasteiger partial charge on any atom is 0.320 e. The second-order valence-electron chi connectivity index (χ2n) is 14.8. The number of aromatic nitrogens is 4. The summed E-state index contributed by atoms with van der Waals surface area (Å²) in [5.74, 6) is 1.67. The van der Waals surface area contributed by atoms with Crippen LogP contribution in [-0.2, 0) is 5.66 Å². The Morgan fingerprint density at radius 2 is 1.08 bits per heavy atom. The van der Waals surface area contributed by atoms with Gasteiger partial charge in [0, 0.05) is 44.5 Å². The van der Waals surface area contributed by atoms with Crippen LogP contribution >= 0.6 is 0 Å². The van der Waals surface area contributed by atoms with E-state index in [2.05, 4.69) is 164 Å². The minimum Gasteiger partial charge on any atom is -0.386 e. The largest absolute Gasteiger partial charge is 0.386 e. The van der Waals surface area contributed by atoms with Crippen LogP contribution in [-0.4, -0.2) is 8.97 Å². The van der Waals surface area contributed by atoms with Crippen LogP contribution in [0.4, 0.5) is 0 Å². The molecule has 1 spiro atoms. The van der Waals surface area contributed by atoms with Gasteiger partial charge in [0.05, 0.1) is 21.9 Å². The van der Waals surface area contributed by atoms with E-state index in [1.165, 1.54) is 98.0 Å². The number of hydrogen-bond acceptors (Lipinski definition) is 1. The number of ether oxygens (including phenoxy) is 1. The molecule has 5 aromatic heterocycles. The molecule has 5 heteroatoms. The normalized spacial score (nSPS) is 16.7. The molecule has 0 radical (unpaired) electrons. The van der Waals surface area contributed by atoms with Crippen LogP contribution in [0.1, 0.15) is 11.1 Å². The van der Waals surface area contributed by atoms with Crippen molar-refractivity contribution in [3.05, 3.63) is 157 Å². The predicted octanol–water partition coefficient (Wildman–Crippen LogP) is 10.00. The summed E-state index contributed by atoms with van der Waals surface area (Å²) in [5, 5.41) is 15.3. The molecule has 1 unspecified atom stereocenters. The maximum atomic E-state index is 7.10. The Hall–Kier alpha value is -6.98. The van der Waals surface area contributed by atoms with Gasteiger partial charge in [0.25, 0.3) is 11.8 Å². The Morgan fingerprint density at radius 3 is 2.00 bits per heavy atom. The summed E-state index contributed by atoms with van der Waals surface area (Å²) >= 11 is 0. The van der Waals surface area contributed by atoms with Gasteiger partial charge in [0.2, 0.25) is 0 Å². The van der Waals surface area contributed by atoms with Gasteiger partial charge in [-0.15, -0.1) is 9.13 Å². The standard InChI is InChI=1S/C47H24N4O/c1-2-12-29-26(10-1)28-13-7-9-25-19-20-31-30-14-8-16-35-43(30)49-44(31)42(40(25)28)41(29)33-22-24-39-51(46(33)49)47(35)34-15-4-6-18-37(34)48-36-17-5-3-11-27(36)32-21-23-38(52-39)50(47)45(32)48/h1-24H/q+2. The average Bonchev–Trinajstić information content (AvgIpc) is 3.65. The molecular weight excluding hydrogens is 637 g/mol. The second-order valence-corrected chi connectivity index (χ2v) is 14.8. The first-order valence-electron chi connectivity index (χ1n) is 18.0. The van der Waals surface area contributed by atoms with Crippen LogP contribution in [0.2, 0.25) is 0 Å². The van der Waals surface area contributed by atoms with Crippen LogP contribution in [0.15, 0.2) is 146 Å². The van der Waals surface area contributed by atoms with Crippen molar-refractivity contribution in [1.29, 1.82) is 0 Å². The summed E-state index contributed by atoms with van der Waals surface area (Å²) in [6.07, 6.45) is 0. The van der Waals surface area contributed by atoms with Crippen LogP contribution in [0, 0.1) is 0 Å². The van der Waals surface area contributed by atoms with Gasteiger partial charge in [-0.05, 0) is 76.1 Å². The predicted molar refractivity (Wildman–Crippen MR) is 206 cm³/mol. The number of para-hydroxylation sites is 3. The van der Waals surface area contributed by atoms with Crippen LogP contribution in [0.5, 0.6) is 11.8 Å². The van der Waals surface area contributed by atoms with Crippen molar-refractivity contribution in [2.75, 3.05) is 0 Å². The smallest absolute Gasteiger partial charge is 0.320 e. The van der Waals surface area contributed by atoms with E-state index in [0.717, 1.165) is 23.1 Å². The molecule has 7 aromatic carbocycles. The summed E-state index contributed by atoms with van der Waals surface area (Å²) in [6, 6.07) is 54.3. The zero-order chi connectivity index (χ0) is 33.2. The lowest BCUT2D eigenvalue weighted by Gasteiger charge is -2.39. The molecule has 0 saturated carbocycles. The van der Waals surface area contributed by atoms with E-state index in [9.17, 15) is 0 Å². The fourth-order valence-corrected chi connectivity index (χ4v) is 11.1. The molecule has 0 saturated heterocycles. The highest BCUT2D eigenvalue weighted by atomic mass is 16.5. The lowest BCUT2D eigenvalue weighted by Crippen LogP contribution is -2.79. The second kappa shape index (κ2) is 7.83. The van der Waals surface area contributed by atoms with Crippen LogP contribution in [0.3, 0.4) is 0 Å². The molecule has 1 atom stereocenters. The van der Waals surface area contributed by atoms with Crippen molar-refractivity contribution in [3.63, 3.8) is 0 Å². The van der Waals surface area contributed by atoms with E-state index in [1.54, 1.807) is 0 Å². The molecule has 15 rings (SSSR count). The average molecular weight is 661 g/mol. The molecule has 8 heterocycles. The summed E-state index contributed by atoms with van der Waals surface area (Å²) < 4.78 is 17.2. The van der Waals surface area contributed by atoms with Crippen molar-refractivity contribution in [3.8, 4) is 17.4 Å². The van der Waals surface area contributed by atoms with E-state index < -0.39 is 5.66 Å². The highest BCUT2D eigenvalue weighted by molar-refractivity contribution is 6.40. The topological polar surface area (TPSA) is 26.3 Å². The summed E-state index contributed by atoms with van der Waals surface area (Å²) in [6.45, 7) is 0. The molecule has 0 bridgehead atoms. The van der Waals surface area contributed by atoms with Gasteiger partial charge in [-0.1, -0.05) is 78.9 Å². The van der Waals surface area contributed by atoms with Gasteiger partial charge in [0.15, 0.2) is 5.52 Å². The number of nitrogens with zero attached hydrogens (tertiary/aromatic N) is 4. The van der Waals surface area contributed by atoms with Crippen molar-refractivity contribution in [1.82, 2.24) is 8.97 Å². The maximum absolute atomic E-state index is 7.10. The minimum atomic E-state index is -0.764. The summed E-state index contributed by atoms with van der Waals surface area (Å²) in [7, 11) is 0. The van der Waals surface area contributed by atoms with Gasteiger partial charge >= 0.3 is 17.0 Å². The van der Waals surface area contributed by atoms with Crippen molar-refractivity contribution in [2.45, 2.75) is 5.66 Å². The third-order valence-corrected chi connectivity index (χ3v) is 12.8. The first-order chi connectivity index (χ1) is 25.8. The molecule has 0 amide bonds. The lowest BCUT2D eigenvalue weighted by molar-refractivity contribution is -0.967. The number of fused-ring (bicyclic) bond motifs is 10. The number of rotatable bonds is 0. The van der Waals surface area contributed by atoms with E-state index in [4.69, 9.17) is 4.74 Å². The van der Waals surface area contributed by atoms with Gasteiger partial charge < -0.3 is 4.74 Å². The van der Waals surface area contributed by atoms with Crippen molar-refractivity contribution >= 4 is 92.5 Å². The van der Waals surface area contributed by atoms with Crippen molar-refractivity contribution < 1.29 is 13.9 Å². The van der Waals surface area contributed by atoms with E-state index >= 15 is 0 Å². The first-order valence-corrected chi connectivity index (χ1v) is 18.0. The Kier molecular flexibility index (Phi) is 3.77. The SMILES string of the molecule is c1ccc2c(c1)-n1c3ccccc3c3ccc4[n+](c31)C21c2cccc3c5ccc6cccc7c8ccccc8c8c9ccc([n+]1c9n(c23)c5c8c67)O4. The summed E-state index contributed by atoms with van der Waals surface area (Å²) in [4.78, 5) is 0. The Bertz CT molecular complexity index is 3740. The highest BCUT2D eigenvalue weighted by Crippen LogP contribution is 2.53. The fraction of sp³-hybridized carbons (Fsp3) is 0.0213. The van der Waals surface area contributed by atoms with Crippen LogP contribution < -0.4 is 13.9 Å². The molecule has 5 nitrogen and oxygen atoms in total. The van der Waals surface area contributed by atoms with E-state index in [0.29, 0.717) is 0 Å². The molecule has 3 aliphatic rings. The molecule has 12 aromatic rings. The Morgan fingerprint density at radius 1 is 0.423 bits per heavy atom.